The summed E-state index contributed by atoms with van der Waals surface area (Å²) in [6, 6.07) is 0. The molecule has 0 radical (unpaired) electrons. The fourth-order valence-corrected chi connectivity index (χ4v) is 0.367. The molecule has 0 atom stereocenters. The summed E-state index contributed by atoms with van der Waals surface area (Å²) in [4.78, 5) is 21.9. The molecule has 1 aromatic heterocycles. The van der Waals surface area contributed by atoms with Crippen molar-refractivity contribution in [2.45, 2.75) is 0 Å². The van der Waals surface area contributed by atoms with Crippen molar-refractivity contribution in [2.24, 2.45) is 0 Å². The molecule has 0 aliphatic carbocycles. The Kier molecular flexibility index (Phi) is 4.05. The molecule has 6 nitrogen and oxygen atoms in total. The molecule has 0 bridgehead atoms. The Morgan fingerprint density at radius 3 is 2.40 bits per heavy atom. The molecule has 0 spiro atoms. The van der Waals surface area contributed by atoms with E-state index in [1.54, 1.807) is 0 Å². The number of nitrogens with one attached hydrogen (secondary N) is 2. The van der Waals surface area contributed by atoms with E-state index in [1.165, 1.54) is 0 Å². The SMILES string of the molecule is O=C([O-])c1n[nH]c(=O)[nH]1.[K+]. The summed E-state index contributed by atoms with van der Waals surface area (Å²) >= 11 is 0. The number of aromatic amines is 2. The third-order valence-corrected chi connectivity index (χ3v) is 0.695. The summed E-state index contributed by atoms with van der Waals surface area (Å²) in [5.41, 5.74) is -0.658. The Balaban J connectivity index is 0.000000810. The molecule has 0 aromatic carbocycles. The molecule has 0 unspecified atom stereocenters. The van der Waals surface area contributed by atoms with Crippen molar-refractivity contribution in [3.63, 3.8) is 0 Å². The molecule has 0 fully saturated rings. The third kappa shape index (κ3) is 2.35. The van der Waals surface area contributed by atoms with Gasteiger partial charge in [-0.25, -0.2) is 9.89 Å². The second kappa shape index (κ2) is 4.04. The monoisotopic (exact) mass is 167 g/mol. The molecule has 0 amide bonds. The first kappa shape index (κ1) is 10.0. The van der Waals surface area contributed by atoms with Gasteiger partial charge in [-0.2, -0.15) is 5.10 Å². The van der Waals surface area contributed by atoms with Crippen molar-refractivity contribution in [3.05, 3.63) is 16.3 Å². The first-order valence-corrected chi connectivity index (χ1v) is 2.06. The van der Waals surface area contributed by atoms with E-state index in [0.717, 1.165) is 0 Å². The Morgan fingerprint density at radius 2 is 2.20 bits per heavy atom. The van der Waals surface area contributed by atoms with Crippen molar-refractivity contribution in [2.75, 3.05) is 0 Å². The van der Waals surface area contributed by atoms with Crippen molar-refractivity contribution in [1.82, 2.24) is 15.2 Å². The van der Waals surface area contributed by atoms with Crippen LogP contribution < -0.4 is 62.2 Å². The Hall–Kier alpha value is 0.0464. The van der Waals surface area contributed by atoms with Crippen LogP contribution in [0, 0.1) is 0 Å². The van der Waals surface area contributed by atoms with Crippen LogP contribution in [-0.2, 0) is 0 Å². The van der Waals surface area contributed by atoms with Gasteiger partial charge in [-0.15, -0.1) is 0 Å². The Morgan fingerprint density at radius 1 is 1.60 bits per heavy atom. The van der Waals surface area contributed by atoms with Crippen LogP contribution in [0.5, 0.6) is 0 Å². The molecule has 7 heteroatoms. The summed E-state index contributed by atoms with van der Waals surface area (Å²) < 4.78 is 0. The molecule has 0 saturated carbocycles. The number of carboxylic acids is 1. The number of hydrogen-bond acceptors (Lipinski definition) is 4. The van der Waals surface area contributed by atoms with Crippen molar-refractivity contribution >= 4 is 5.97 Å². The van der Waals surface area contributed by atoms with Gasteiger partial charge in [0.25, 0.3) is 0 Å². The van der Waals surface area contributed by atoms with E-state index in [0.29, 0.717) is 0 Å². The predicted octanol–water partition coefficient (Wildman–Crippen LogP) is -5.53. The molecule has 0 aliphatic heterocycles. The zero-order valence-corrected chi connectivity index (χ0v) is 8.30. The molecular weight excluding hydrogens is 165 g/mol. The number of aromatic nitrogens is 3. The first-order valence-electron chi connectivity index (χ1n) is 2.06. The minimum Gasteiger partial charge on any atom is -0.542 e. The Bertz CT molecular complexity index is 277. The number of rotatable bonds is 1. The molecule has 0 aliphatic rings. The van der Waals surface area contributed by atoms with Gasteiger partial charge in [0.15, 0.2) is 5.82 Å². The number of aromatic carboxylic acids is 1. The third-order valence-electron chi connectivity index (χ3n) is 0.695. The van der Waals surface area contributed by atoms with Crippen molar-refractivity contribution in [3.8, 4) is 0 Å². The van der Waals surface area contributed by atoms with E-state index in [9.17, 15) is 14.7 Å². The molecule has 10 heavy (non-hydrogen) atoms. The van der Waals surface area contributed by atoms with E-state index in [1.807, 2.05) is 10.1 Å². The molecule has 48 valence electrons. The summed E-state index contributed by atoms with van der Waals surface area (Å²) in [6.07, 6.45) is 0. The predicted molar refractivity (Wildman–Crippen MR) is 23.5 cm³/mol. The Labute approximate surface area is 97.5 Å². The fourth-order valence-electron chi connectivity index (χ4n) is 0.367. The molecule has 1 aromatic rings. The van der Waals surface area contributed by atoms with Gasteiger partial charge in [0.2, 0.25) is 0 Å². The summed E-state index contributed by atoms with van der Waals surface area (Å²) in [5, 5.41) is 14.8. The van der Waals surface area contributed by atoms with Crippen LogP contribution in [-0.4, -0.2) is 21.2 Å². The minimum atomic E-state index is -1.51. The van der Waals surface area contributed by atoms with Gasteiger partial charge < -0.3 is 9.90 Å². The van der Waals surface area contributed by atoms with Gasteiger partial charge in [0.1, 0.15) is 5.97 Å². The first-order chi connectivity index (χ1) is 4.20. The summed E-state index contributed by atoms with van der Waals surface area (Å²) in [5.74, 6) is -1.99. The van der Waals surface area contributed by atoms with Crippen LogP contribution in [0.1, 0.15) is 10.6 Å². The zero-order valence-electron chi connectivity index (χ0n) is 5.17. The van der Waals surface area contributed by atoms with Gasteiger partial charge in [0.05, 0.1) is 0 Å². The number of H-pyrrole nitrogens is 2. The maximum atomic E-state index is 10.1. The largest absolute Gasteiger partial charge is 1.00 e. The molecule has 1 rings (SSSR count). The van der Waals surface area contributed by atoms with Gasteiger partial charge in [0, 0.05) is 0 Å². The number of nitrogens with zero attached hydrogens (tertiary/aromatic N) is 1. The van der Waals surface area contributed by atoms with Crippen LogP contribution in [0.15, 0.2) is 4.79 Å². The maximum Gasteiger partial charge on any atom is 1.00 e. The van der Waals surface area contributed by atoms with Gasteiger partial charge in [-0.3, -0.25) is 4.98 Å². The number of carbonyl (C=O) groups is 1. The molecule has 2 N–H and O–H groups in total. The molecule has 0 saturated heterocycles. The van der Waals surface area contributed by atoms with E-state index in [2.05, 4.69) is 5.10 Å². The standard InChI is InChI=1S/C3H3N3O3.K/c7-2(8)1-4-3(9)6-5-1;/h(H,7,8)(H2,4,5,6,9);/q;+1/p-1. The van der Waals surface area contributed by atoms with Crippen LogP contribution in [0.25, 0.3) is 0 Å². The van der Waals surface area contributed by atoms with Crippen molar-refractivity contribution < 1.29 is 61.3 Å². The summed E-state index contributed by atoms with van der Waals surface area (Å²) in [6.45, 7) is 0. The smallest absolute Gasteiger partial charge is 0.542 e. The van der Waals surface area contributed by atoms with E-state index in [4.69, 9.17) is 0 Å². The second-order valence-corrected chi connectivity index (χ2v) is 1.31. The number of carboxylic acid groups (broad SMARTS) is 1. The quantitative estimate of drug-likeness (QED) is 0.407. The molecule has 1 heterocycles. The minimum absolute atomic E-state index is 0. The van der Waals surface area contributed by atoms with Gasteiger partial charge in [-0.1, -0.05) is 0 Å². The normalized spacial score (nSPS) is 8.40. The number of hydrogen-bond donors (Lipinski definition) is 2. The van der Waals surface area contributed by atoms with Crippen molar-refractivity contribution in [1.29, 1.82) is 0 Å². The van der Waals surface area contributed by atoms with Gasteiger partial charge in [-0.05, 0) is 0 Å². The average Bonchev–Trinajstić information content (AvgIpc) is 2.14. The topological polar surface area (TPSA) is 102 Å². The zero-order chi connectivity index (χ0) is 6.85. The number of carbonyl (C=O) groups excluding carboxylic acids is 1. The van der Waals surface area contributed by atoms with Crippen LogP contribution >= 0.6 is 0 Å². The van der Waals surface area contributed by atoms with E-state index in [-0.39, 0.29) is 51.4 Å². The molecular formula is C3H2KN3O3. The maximum absolute atomic E-state index is 10.1. The summed E-state index contributed by atoms with van der Waals surface area (Å²) in [7, 11) is 0. The van der Waals surface area contributed by atoms with Crippen LogP contribution in [0.2, 0.25) is 0 Å². The van der Waals surface area contributed by atoms with Gasteiger partial charge >= 0.3 is 57.1 Å². The van der Waals surface area contributed by atoms with Crippen LogP contribution in [0.4, 0.5) is 0 Å². The average molecular weight is 167 g/mol. The second-order valence-electron chi connectivity index (χ2n) is 1.31. The van der Waals surface area contributed by atoms with Crippen LogP contribution in [0.3, 0.4) is 0 Å². The fraction of sp³-hybridized carbons (Fsp3) is 0. The van der Waals surface area contributed by atoms with E-state index < -0.39 is 17.5 Å². The van der Waals surface area contributed by atoms with E-state index >= 15 is 0 Å².